The van der Waals surface area contributed by atoms with Crippen molar-refractivity contribution in [2.45, 2.75) is 81.1 Å². The largest absolute Gasteiger partial charge is 0.492 e. The zero-order valence-corrected chi connectivity index (χ0v) is 25.5. The van der Waals surface area contributed by atoms with Gasteiger partial charge < -0.3 is 19.9 Å². The molecule has 1 amide bonds. The lowest BCUT2D eigenvalue weighted by Crippen LogP contribution is -2.44. The SMILES string of the molecule is Cc1cc(C[C@H](NC(=O)OC(C)(C)C)C(=O)O)ccc1OCCS(c1ccccc1)(c1ccccc1)C(C)(C)C. The van der Waals surface area contributed by atoms with Crippen LogP contribution in [-0.4, -0.2) is 45.9 Å². The number of carbonyl (C=O) groups is 2. The maximum atomic E-state index is 12.1. The van der Waals surface area contributed by atoms with Crippen LogP contribution in [0.3, 0.4) is 0 Å². The number of benzene rings is 3. The van der Waals surface area contributed by atoms with Crippen LogP contribution >= 0.6 is 10.0 Å². The minimum Gasteiger partial charge on any atom is -0.492 e. The van der Waals surface area contributed by atoms with Gasteiger partial charge in [-0.2, -0.15) is 10.0 Å². The molecule has 0 bridgehead atoms. The van der Waals surface area contributed by atoms with Crippen LogP contribution in [0, 0.1) is 6.92 Å². The van der Waals surface area contributed by atoms with Crippen molar-refractivity contribution in [1.82, 2.24) is 5.32 Å². The number of amides is 1. The Hall–Kier alpha value is -3.45. The summed E-state index contributed by atoms with van der Waals surface area (Å²) < 4.78 is 11.6. The third-order valence-corrected chi connectivity index (χ3v) is 11.7. The fourth-order valence-corrected chi connectivity index (χ4v) is 9.20. The van der Waals surface area contributed by atoms with Gasteiger partial charge in [0.1, 0.15) is 17.4 Å². The second kappa shape index (κ2) is 12.8. The summed E-state index contributed by atoms with van der Waals surface area (Å²) >= 11 is 0. The molecule has 7 heteroatoms. The molecule has 0 fully saturated rings. The lowest BCUT2D eigenvalue weighted by Gasteiger charge is -2.51. The summed E-state index contributed by atoms with van der Waals surface area (Å²) in [6, 6.07) is 26.0. The molecule has 0 aliphatic heterocycles. The molecule has 2 N–H and O–H groups in total. The van der Waals surface area contributed by atoms with E-state index in [0.717, 1.165) is 22.6 Å². The highest BCUT2D eigenvalue weighted by molar-refractivity contribution is 8.34. The fourth-order valence-electron chi connectivity index (χ4n) is 4.85. The predicted octanol–water partition coefficient (Wildman–Crippen LogP) is 7.62. The average molecular weight is 566 g/mol. The summed E-state index contributed by atoms with van der Waals surface area (Å²) in [5, 5.41) is 12.1. The first-order valence-electron chi connectivity index (χ1n) is 13.6. The Kier molecular flexibility index (Phi) is 9.96. The van der Waals surface area contributed by atoms with Crippen LogP contribution < -0.4 is 10.1 Å². The van der Waals surface area contributed by atoms with Crippen LogP contribution in [0.4, 0.5) is 4.79 Å². The molecule has 1 atom stereocenters. The van der Waals surface area contributed by atoms with Crippen molar-refractivity contribution in [2.24, 2.45) is 0 Å². The van der Waals surface area contributed by atoms with E-state index in [1.54, 1.807) is 20.8 Å². The Bertz CT molecular complexity index is 1240. The Balaban J connectivity index is 1.78. The predicted molar refractivity (Wildman–Crippen MR) is 163 cm³/mol. The first-order chi connectivity index (χ1) is 18.7. The number of ether oxygens (including phenoxy) is 2. The molecule has 0 spiro atoms. The second-order valence-electron chi connectivity index (χ2n) is 11.9. The summed E-state index contributed by atoms with van der Waals surface area (Å²) in [6.45, 7) is 14.6. The van der Waals surface area contributed by atoms with E-state index in [-0.39, 0.29) is 11.2 Å². The Labute approximate surface area is 240 Å². The molecule has 3 aromatic rings. The molecule has 0 radical (unpaired) electrons. The molecular formula is C33H43NO5S. The molecule has 0 aliphatic carbocycles. The van der Waals surface area contributed by atoms with Gasteiger partial charge in [0.05, 0.1) is 6.61 Å². The highest BCUT2D eigenvalue weighted by atomic mass is 32.3. The lowest BCUT2D eigenvalue weighted by molar-refractivity contribution is -0.139. The molecule has 0 saturated heterocycles. The van der Waals surface area contributed by atoms with E-state index < -0.39 is 33.7 Å². The lowest BCUT2D eigenvalue weighted by atomic mass is 10.0. The van der Waals surface area contributed by atoms with Crippen LogP contribution in [0.1, 0.15) is 52.7 Å². The standard InChI is InChI=1S/C33H43NO5S/c1-24-22-25(23-28(30(35)36)34-31(37)39-32(2,3)4)18-19-29(24)38-20-21-40(33(5,6)7,26-14-10-8-11-15-26)27-16-12-9-13-17-27/h8-19,22,28H,20-21,23H2,1-7H3,(H,34,37)(H,35,36)/t28-/m0/s1. The zero-order valence-electron chi connectivity index (χ0n) is 24.7. The molecule has 0 unspecified atom stereocenters. The van der Waals surface area contributed by atoms with E-state index in [2.05, 4.69) is 86.8 Å². The van der Waals surface area contributed by atoms with E-state index >= 15 is 0 Å². The highest BCUT2D eigenvalue weighted by Gasteiger charge is 2.39. The van der Waals surface area contributed by atoms with Crippen molar-refractivity contribution >= 4 is 22.1 Å². The second-order valence-corrected chi connectivity index (χ2v) is 15.9. The van der Waals surface area contributed by atoms with Gasteiger partial charge in [0.2, 0.25) is 0 Å². The number of aryl methyl sites for hydroxylation is 1. The zero-order chi connectivity index (χ0) is 29.6. The van der Waals surface area contributed by atoms with Crippen molar-refractivity contribution < 1.29 is 24.2 Å². The van der Waals surface area contributed by atoms with Crippen molar-refractivity contribution in [2.75, 3.05) is 12.4 Å². The van der Waals surface area contributed by atoms with E-state index in [9.17, 15) is 14.7 Å². The number of hydrogen-bond donors (Lipinski definition) is 2. The van der Waals surface area contributed by atoms with Crippen LogP contribution in [0.25, 0.3) is 0 Å². The molecule has 6 nitrogen and oxygen atoms in total. The Morgan fingerprint density at radius 2 is 1.43 bits per heavy atom. The van der Waals surface area contributed by atoms with Gasteiger partial charge in [-0.05, 0) is 83.7 Å². The summed E-state index contributed by atoms with van der Waals surface area (Å²) in [4.78, 5) is 26.6. The fraction of sp³-hybridized carbons (Fsp3) is 0.394. The van der Waals surface area contributed by atoms with Crippen LogP contribution in [0.2, 0.25) is 0 Å². The molecular weight excluding hydrogens is 522 g/mol. The molecule has 0 heterocycles. The molecule has 3 aromatic carbocycles. The summed E-state index contributed by atoms with van der Waals surface area (Å²) in [7, 11) is -1.45. The van der Waals surface area contributed by atoms with Gasteiger partial charge in [-0.15, -0.1) is 0 Å². The third kappa shape index (κ3) is 7.81. The number of alkyl carbamates (subject to hydrolysis) is 1. The molecule has 0 aromatic heterocycles. The van der Waals surface area contributed by atoms with Crippen LogP contribution in [-0.2, 0) is 16.0 Å². The van der Waals surface area contributed by atoms with E-state index in [4.69, 9.17) is 9.47 Å². The van der Waals surface area contributed by atoms with Crippen molar-refractivity contribution in [1.29, 1.82) is 0 Å². The summed E-state index contributed by atoms with van der Waals surface area (Å²) in [5.41, 5.74) is 0.988. The average Bonchev–Trinajstić information content (AvgIpc) is 2.86. The third-order valence-electron chi connectivity index (χ3n) is 6.65. The topological polar surface area (TPSA) is 84.9 Å². The van der Waals surface area contributed by atoms with Gasteiger partial charge in [0.15, 0.2) is 0 Å². The molecule has 0 saturated carbocycles. The Morgan fingerprint density at radius 1 is 0.875 bits per heavy atom. The van der Waals surface area contributed by atoms with Crippen molar-refractivity contribution in [3.63, 3.8) is 0 Å². The quantitative estimate of drug-likeness (QED) is 0.264. The number of aliphatic carboxylic acids is 1. The van der Waals surface area contributed by atoms with Gasteiger partial charge in [0, 0.05) is 12.2 Å². The summed E-state index contributed by atoms with van der Waals surface area (Å²) in [5.74, 6) is 0.498. The van der Waals surface area contributed by atoms with Crippen LogP contribution in [0.5, 0.6) is 5.75 Å². The van der Waals surface area contributed by atoms with Gasteiger partial charge in [0.25, 0.3) is 0 Å². The maximum absolute atomic E-state index is 12.1. The van der Waals surface area contributed by atoms with Gasteiger partial charge in [-0.1, -0.05) is 69.3 Å². The van der Waals surface area contributed by atoms with Gasteiger partial charge in [-0.25, -0.2) is 9.59 Å². The summed E-state index contributed by atoms with van der Waals surface area (Å²) in [6.07, 6.45) is -0.618. The molecule has 40 heavy (non-hydrogen) atoms. The first kappa shape index (κ1) is 31.1. The van der Waals surface area contributed by atoms with Gasteiger partial charge >= 0.3 is 12.1 Å². The minimum atomic E-state index is -1.45. The normalized spacial score (nSPS) is 13.3. The number of nitrogens with one attached hydrogen (secondary N) is 1. The number of rotatable bonds is 10. The smallest absolute Gasteiger partial charge is 0.408 e. The first-order valence-corrected chi connectivity index (χ1v) is 15.4. The number of carboxylic acids is 1. The van der Waals surface area contributed by atoms with E-state index in [0.29, 0.717) is 6.61 Å². The number of hydrogen-bond acceptors (Lipinski definition) is 4. The van der Waals surface area contributed by atoms with E-state index in [1.807, 2.05) is 25.1 Å². The Morgan fingerprint density at radius 3 is 1.88 bits per heavy atom. The van der Waals surface area contributed by atoms with Crippen LogP contribution in [0.15, 0.2) is 88.7 Å². The minimum absolute atomic E-state index is 0.00898. The highest BCUT2D eigenvalue weighted by Crippen LogP contribution is 2.70. The molecule has 3 rings (SSSR count). The van der Waals surface area contributed by atoms with Gasteiger partial charge in [-0.3, -0.25) is 0 Å². The maximum Gasteiger partial charge on any atom is 0.408 e. The molecule has 0 aliphatic rings. The van der Waals surface area contributed by atoms with E-state index in [1.165, 1.54) is 9.79 Å². The number of carboxylic acid groups (broad SMARTS) is 1. The molecule has 216 valence electrons. The monoisotopic (exact) mass is 565 g/mol. The van der Waals surface area contributed by atoms with Crippen molar-refractivity contribution in [3.8, 4) is 5.75 Å². The number of carbonyl (C=O) groups excluding carboxylic acids is 1. The van der Waals surface area contributed by atoms with Crippen molar-refractivity contribution in [3.05, 3.63) is 90.0 Å².